The van der Waals surface area contributed by atoms with Crippen molar-refractivity contribution in [3.05, 3.63) is 147 Å². The molecular formula is C42H21B10NO. The summed E-state index contributed by atoms with van der Waals surface area (Å²) in [5.74, 6) is 2.48. The van der Waals surface area contributed by atoms with E-state index in [1.165, 1.54) is 0 Å². The zero-order chi connectivity index (χ0) is 38.4. The summed E-state index contributed by atoms with van der Waals surface area (Å²) in [5.41, 5.74) is 6.73. The number of benzene rings is 5. The molecule has 1 atom stereocenters. The first-order chi connectivity index (χ1) is 25.9. The summed E-state index contributed by atoms with van der Waals surface area (Å²) in [6.45, 7) is -0.140. The minimum absolute atomic E-state index is 0.0850. The van der Waals surface area contributed by atoms with Gasteiger partial charge in [0.25, 0.3) is 0 Å². The molecule has 7 rings (SSSR count). The molecule has 12 heteroatoms. The van der Waals surface area contributed by atoms with Gasteiger partial charge in [-0.25, -0.2) is 0 Å². The second-order valence-electron chi connectivity index (χ2n) is 13.0. The molecule has 0 N–H and O–H groups in total. The van der Waals surface area contributed by atoms with Gasteiger partial charge >= 0.3 is 0 Å². The summed E-state index contributed by atoms with van der Waals surface area (Å²) in [6, 6.07) is 31.1. The van der Waals surface area contributed by atoms with E-state index in [2.05, 4.69) is 5.92 Å². The molecular weight excluding hydrogens is 643 g/mol. The van der Waals surface area contributed by atoms with Crippen LogP contribution >= 0.6 is 0 Å². The fourth-order valence-electron chi connectivity index (χ4n) is 7.19. The second-order valence-corrected chi connectivity index (χ2v) is 13.0. The Labute approximate surface area is 330 Å². The average Bonchev–Trinajstić information content (AvgIpc) is 3.66. The molecule has 0 amide bonds. The Morgan fingerprint density at radius 2 is 1.24 bits per heavy atom. The Hall–Kier alpha value is -5.13. The number of terminal acetylenes is 1. The summed E-state index contributed by atoms with van der Waals surface area (Å²) in [5, 5.41) is 1.91. The minimum atomic E-state index is -0.915. The predicted octanol–water partition coefficient (Wildman–Crippen LogP) is 2.51. The van der Waals surface area contributed by atoms with Crippen LogP contribution in [0.2, 0.25) is 0 Å². The van der Waals surface area contributed by atoms with E-state index in [0.29, 0.717) is 38.9 Å². The summed E-state index contributed by atoms with van der Waals surface area (Å²) in [7, 11) is 68.1. The van der Waals surface area contributed by atoms with E-state index >= 15 is 0 Å². The predicted molar refractivity (Wildman–Crippen MR) is 236 cm³/mol. The zero-order valence-electron chi connectivity index (χ0n) is 29.3. The number of fused-ring (bicyclic) bond motifs is 3. The van der Waals surface area contributed by atoms with Crippen molar-refractivity contribution in [3.63, 3.8) is 0 Å². The van der Waals surface area contributed by atoms with E-state index in [-0.39, 0.29) is 61.4 Å². The Kier molecular flexibility index (Phi) is 10.3. The van der Waals surface area contributed by atoms with Gasteiger partial charge in [0, 0.05) is 23.0 Å². The van der Waals surface area contributed by atoms with Crippen LogP contribution in [0.3, 0.4) is 0 Å². The Balaban J connectivity index is 1.43. The van der Waals surface area contributed by atoms with Gasteiger partial charge in [0.05, 0.1) is 6.04 Å². The molecule has 0 saturated heterocycles. The first-order valence-corrected chi connectivity index (χ1v) is 16.9. The fraction of sp³-hybridized carbons (Fsp3) is 0.0476. The maximum atomic E-state index is 6.97. The zero-order valence-corrected chi connectivity index (χ0v) is 29.3. The van der Waals surface area contributed by atoms with Gasteiger partial charge in [-0.3, -0.25) is 0 Å². The molecule has 20 radical (unpaired) electrons. The van der Waals surface area contributed by atoms with E-state index in [4.69, 9.17) is 89.3 Å². The lowest BCUT2D eigenvalue weighted by Gasteiger charge is -2.40. The van der Waals surface area contributed by atoms with Crippen molar-refractivity contribution in [1.29, 1.82) is 0 Å². The number of hydrogen-bond donors (Lipinski definition) is 0. The summed E-state index contributed by atoms with van der Waals surface area (Å²) < 4.78 is 6.15. The summed E-state index contributed by atoms with van der Waals surface area (Å²) >= 11 is 0. The standard InChI is InChI=1S/C42H21B10NO/c1-2-26(43)30(21-11-5-3-6-12-21)33(45)27(44)20-53(41-37(49)31(34(46)38(41)50)22-13-7-4-8-14-22)42-39(51)35(47)32(36(48)40(42)52)23-17-18-25-24-15-9-10-16-28(24)54-29(25)19-23/h1,3-19,41H,20H2/b30-26+,33-27-. The topological polar surface area (TPSA) is 16.4 Å². The van der Waals surface area contributed by atoms with E-state index in [1.54, 1.807) is 4.90 Å². The molecule has 0 saturated carbocycles. The highest BCUT2D eigenvalue weighted by Gasteiger charge is 2.33. The largest absolute Gasteiger partial charge is 0.456 e. The van der Waals surface area contributed by atoms with Crippen molar-refractivity contribution in [3.8, 4) is 23.5 Å². The number of allylic oxidation sites excluding steroid dienone is 5. The molecule has 54 heavy (non-hydrogen) atoms. The lowest BCUT2D eigenvalue weighted by atomic mass is 9.63. The van der Waals surface area contributed by atoms with Crippen molar-refractivity contribution in [2.75, 3.05) is 11.4 Å². The SMILES string of the molecule is [B]C1=C([B])C(N(C/C([B])=C([B])\C(=C(\[B])C#C)c2ccccc2)c2c([B])c([B])c(-c3ccc4c(c3)oc3ccccc34)c([B])c2[B])C([B])=C1c1ccccc1. The van der Waals surface area contributed by atoms with Gasteiger partial charge in [-0.15, -0.1) is 11.9 Å². The molecule has 0 aliphatic heterocycles. The highest BCUT2D eigenvalue weighted by molar-refractivity contribution is 6.63. The number of hydrogen-bond acceptors (Lipinski definition) is 2. The molecule has 230 valence electrons. The molecule has 2 nitrogen and oxygen atoms in total. The average molecular weight is 664 g/mol. The van der Waals surface area contributed by atoms with Crippen LogP contribution in [0.15, 0.2) is 140 Å². The number of nitrogens with zero attached hydrogens (tertiary/aromatic N) is 1. The van der Waals surface area contributed by atoms with Crippen molar-refractivity contribution >= 4 is 139 Å². The van der Waals surface area contributed by atoms with Crippen LogP contribution in [0.25, 0.3) is 44.2 Å². The van der Waals surface area contributed by atoms with E-state index < -0.39 is 6.04 Å². The summed E-state index contributed by atoms with van der Waals surface area (Å²) in [4.78, 5) is 1.70. The monoisotopic (exact) mass is 665 g/mol. The van der Waals surface area contributed by atoms with Crippen molar-refractivity contribution < 1.29 is 4.42 Å². The number of para-hydroxylation sites is 1. The third-order valence-electron chi connectivity index (χ3n) is 9.86. The maximum absolute atomic E-state index is 6.97. The Morgan fingerprint density at radius 1 is 0.648 bits per heavy atom. The maximum Gasteiger partial charge on any atom is 0.136 e. The Bertz CT molecular complexity index is 2620. The van der Waals surface area contributed by atoms with Crippen LogP contribution in [-0.4, -0.2) is 91.0 Å². The highest BCUT2D eigenvalue weighted by Crippen LogP contribution is 2.39. The highest BCUT2D eigenvalue weighted by atomic mass is 16.3. The summed E-state index contributed by atoms with van der Waals surface area (Å²) in [6.07, 6.45) is 5.76. The van der Waals surface area contributed by atoms with E-state index in [0.717, 1.165) is 21.9 Å². The molecule has 1 heterocycles. The molecule has 0 fully saturated rings. The first-order valence-electron chi connectivity index (χ1n) is 16.9. The normalized spacial score (nSPS) is 15.4. The molecule has 1 aliphatic carbocycles. The van der Waals surface area contributed by atoms with Gasteiger partial charge < -0.3 is 9.32 Å². The third kappa shape index (κ3) is 6.32. The van der Waals surface area contributed by atoms with Crippen molar-refractivity contribution in [2.45, 2.75) is 6.04 Å². The van der Waals surface area contributed by atoms with Crippen molar-refractivity contribution in [1.82, 2.24) is 0 Å². The smallest absolute Gasteiger partial charge is 0.136 e. The first kappa shape index (κ1) is 37.2. The van der Waals surface area contributed by atoms with Crippen LogP contribution in [0.1, 0.15) is 11.1 Å². The quantitative estimate of drug-likeness (QED) is 0.142. The Morgan fingerprint density at radius 3 is 1.89 bits per heavy atom. The van der Waals surface area contributed by atoms with Gasteiger partial charge in [-0.1, -0.05) is 135 Å². The number of rotatable bonds is 8. The van der Waals surface area contributed by atoms with Gasteiger partial charge in [0.15, 0.2) is 0 Å². The van der Waals surface area contributed by atoms with Crippen LogP contribution in [0, 0.1) is 12.3 Å². The number of furan rings is 1. The lowest BCUT2D eigenvalue weighted by molar-refractivity contribution is 0.669. The second kappa shape index (κ2) is 14.9. The van der Waals surface area contributed by atoms with Crippen molar-refractivity contribution in [2.24, 2.45) is 0 Å². The molecule has 5 aromatic carbocycles. The molecule has 1 unspecified atom stereocenters. The van der Waals surface area contributed by atoms with Crippen LogP contribution in [0.4, 0.5) is 5.69 Å². The van der Waals surface area contributed by atoms with Crippen LogP contribution in [0.5, 0.6) is 0 Å². The van der Waals surface area contributed by atoms with Gasteiger partial charge in [-0.05, 0) is 57.1 Å². The van der Waals surface area contributed by atoms with Gasteiger partial charge in [-0.2, -0.15) is 0 Å². The van der Waals surface area contributed by atoms with Gasteiger partial charge in [0.2, 0.25) is 0 Å². The lowest BCUT2D eigenvalue weighted by Crippen LogP contribution is -2.52. The molecule has 0 spiro atoms. The number of anilines is 1. The minimum Gasteiger partial charge on any atom is -0.456 e. The molecule has 1 aromatic heterocycles. The third-order valence-corrected chi connectivity index (χ3v) is 9.86. The van der Waals surface area contributed by atoms with Gasteiger partial charge in [0.1, 0.15) is 89.6 Å². The van der Waals surface area contributed by atoms with Crippen LogP contribution < -0.4 is 26.8 Å². The van der Waals surface area contributed by atoms with Crippen LogP contribution in [-0.2, 0) is 0 Å². The molecule has 6 aromatic rings. The molecule has 1 aliphatic rings. The van der Waals surface area contributed by atoms with E-state index in [1.807, 2.05) is 103 Å². The van der Waals surface area contributed by atoms with E-state index in [9.17, 15) is 0 Å². The fourth-order valence-corrected chi connectivity index (χ4v) is 7.19. The molecule has 0 bridgehead atoms.